The number of aromatic nitrogens is 3. The van der Waals surface area contributed by atoms with Crippen LogP contribution in [0.3, 0.4) is 0 Å². The van der Waals surface area contributed by atoms with E-state index in [-0.39, 0.29) is 18.1 Å². The van der Waals surface area contributed by atoms with Crippen LogP contribution in [0.2, 0.25) is 0 Å². The van der Waals surface area contributed by atoms with Crippen molar-refractivity contribution >= 4 is 11.8 Å². The minimum absolute atomic E-state index is 0.181. The maximum Gasteiger partial charge on any atom is 0.220 e. The summed E-state index contributed by atoms with van der Waals surface area (Å²) in [5.74, 6) is 2.35. The first-order valence-corrected chi connectivity index (χ1v) is 13.6. The Morgan fingerprint density at radius 1 is 1.00 bits per heavy atom. The van der Waals surface area contributed by atoms with E-state index in [1.807, 2.05) is 61.7 Å². The van der Waals surface area contributed by atoms with E-state index < -0.39 is 5.25 Å². The number of ether oxygens (including phenoxy) is 3. The molecule has 0 amide bonds. The number of nitro groups is 1. The first kappa shape index (κ1) is 28.4. The number of nitrogens with zero attached hydrogens (tertiary/aromatic N) is 5. The molecule has 0 unspecified atom stereocenters. The number of rotatable bonds is 13. The van der Waals surface area contributed by atoms with Crippen molar-refractivity contribution in [1.82, 2.24) is 14.8 Å². The molecule has 1 aromatic heterocycles. The van der Waals surface area contributed by atoms with Crippen LogP contribution in [0.4, 0.5) is 0 Å². The minimum Gasteiger partial charge on any atom is -0.494 e. The topological polar surface area (TPSA) is 125 Å². The second kappa shape index (κ2) is 13.5. The van der Waals surface area contributed by atoms with Gasteiger partial charge in [0.25, 0.3) is 0 Å². The van der Waals surface area contributed by atoms with Crippen molar-refractivity contribution in [3.05, 3.63) is 99.4 Å². The number of benzene rings is 3. The second-order valence-electron chi connectivity index (χ2n) is 8.61. The molecule has 0 aliphatic rings. The van der Waals surface area contributed by atoms with Crippen molar-refractivity contribution in [3.8, 4) is 29.0 Å². The first-order chi connectivity index (χ1) is 19.4. The summed E-state index contributed by atoms with van der Waals surface area (Å²) >= 11 is 1.26. The largest absolute Gasteiger partial charge is 0.494 e. The molecule has 0 radical (unpaired) electrons. The minimum atomic E-state index is -0.576. The number of hydrogen-bond acceptors (Lipinski definition) is 9. The van der Waals surface area contributed by atoms with Crippen LogP contribution < -0.4 is 14.2 Å². The monoisotopic (exact) mass is 559 g/mol. The Kier molecular flexibility index (Phi) is 9.59. The zero-order valence-corrected chi connectivity index (χ0v) is 23.3. The molecular formula is C29H29N5O5S. The number of thioether (sulfide) groups is 1. The van der Waals surface area contributed by atoms with Crippen molar-refractivity contribution in [2.75, 3.05) is 19.8 Å². The van der Waals surface area contributed by atoms with E-state index in [4.69, 9.17) is 14.2 Å². The molecule has 0 bridgehead atoms. The van der Waals surface area contributed by atoms with Crippen LogP contribution in [0.1, 0.15) is 41.6 Å². The highest BCUT2D eigenvalue weighted by molar-refractivity contribution is 7.99. The molecule has 4 aromatic rings. The molecule has 0 saturated heterocycles. The fourth-order valence-electron chi connectivity index (χ4n) is 4.07. The molecular weight excluding hydrogens is 530 g/mol. The summed E-state index contributed by atoms with van der Waals surface area (Å²) in [5.41, 5.74) is 2.80. The Balaban J connectivity index is 1.62. The Morgan fingerprint density at radius 2 is 1.75 bits per heavy atom. The average Bonchev–Trinajstić information content (AvgIpc) is 3.32. The fourth-order valence-corrected chi connectivity index (χ4v) is 5.24. The lowest BCUT2D eigenvalue weighted by Gasteiger charge is -2.18. The second-order valence-corrected chi connectivity index (χ2v) is 9.78. The number of hydrogen-bond donors (Lipinski definition) is 0. The average molecular weight is 560 g/mol. The van der Waals surface area contributed by atoms with E-state index >= 15 is 0 Å². The van der Waals surface area contributed by atoms with E-state index in [2.05, 4.69) is 16.3 Å². The standard InChI is InChI=1S/C29H29N5O5S/c1-4-37-25-13-11-24(12-14-25)34-20(3)31-32-29(34)40-28(18-33(35)36)21-10-15-26(27(16-21)38-5-2)39-19-23-9-7-6-8-22(23)17-30/h6-16,28H,4-5,18-19H2,1-3H3/t28-/m1/s1. The molecule has 4 rings (SSSR count). The van der Waals surface area contributed by atoms with Crippen LogP contribution in [-0.4, -0.2) is 39.4 Å². The van der Waals surface area contributed by atoms with Crippen LogP contribution in [0.25, 0.3) is 5.69 Å². The van der Waals surface area contributed by atoms with E-state index in [0.29, 0.717) is 46.8 Å². The highest BCUT2D eigenvalue weighted by atomic mass is 32.2. The highest BCUT2D eigenvalue weighted by Gasteiger charge is 2.25. The smallest absolute Gasteiger partial charge is 0.220 e. The molecule has 1 heterocycles. The van der Waals surface area contributed by atoms with E-state index in [9.17, 15) is 15.4 Å². The summed E-state index contributed by atoms with van der Waals surface area (Å²) in [7, 11) is 0. The quantitative estimate of drug-likeness (QED) is 0.111. The van der Waals surface area contributed by atoms with Gasteiger partial charge < -0.3 is 14.2 Å². The molecule has 0 aliphatic heterocycles. The summed E-state index contributed by atoms with van der Waals surface area (Å²) in [6.07, 6.45) is 0. The molecule has 0 N–H and O–H groups in total. The van der Waals surface area contributed by atoms with Crippen molar-refractivity contribution in [2.24, 2.45) is 0 Å². The molecule has 206 valence electrons. The SMILES string of the molecule is CCOc1ccc(-n2c(C)nnc2S[C@H](C[N+](=O)[O-])c2ccc(OCc3ccccc3C#N)c(OCC)c2)cc1. The lowest BCUT2D eigenvalue weighted by Crippen LogP contribution is -2.12. The molecule has 0 fully saturated rings. The third-order valence-electron chi connectivity index (χ3n) is 5.92. The van der Waals surface area contributed by atoms with Gasteiger partial charge in [-0.15, -0.1) is 10.2 Å². The van der Waals surface area contributed by atoms with E-state index in [0.717, 1.165) is 17.0 Å². The zero-order valence-electron chi connectivity index (χ0n) is 22.4. The van der Waals surface area contributed by atoms with Crippen molar-refractivity contribution < 1.29 is 19.1 Å². The van der Waals surface area contributed by atoms with Gasteiger partial charge in [-0.05, 0) is 68.8 Å². The normalized spacial score (nSPS) is 11.4. The molecule has 10 nitrogen and oxygen atoms in total. The molecule has 3 aromatic carbocycles. The zero-order chi connectivity index (χ0) is 28.5. The van der Waals surface area contributed by atoms with Gasteiger partial charge in [0.1, 0.15) is 23.4 Å². The van der Waals surface area contributed by atoms with Crippen molar-refractivity contribution in [3.63, 3.8) is 0 Å². The van der Waals surface area contributed by atoms with E-state index in [1.165, 1.54) is 11.8 Å². The number of aryl methyl sites for hydroxylation is 1. The number of nitriles is 1. The Morgan fingerprint density at radius 3 is 2.45 bits per heavy atom. The van der Waals surface area contributed by atoms with Gasteiger partial charge >= 0.3 is 0 Å². The summed E-state index contributed by atoms with van der Waals surface area (Å²) < 4.78 is 19.3. The van der Waals surface area contributed by atoms with Crippen molar-refractivity contribution in [1.29, 1.82) is 5.26 Å². The summed E-state index contributed by atoms with van der Waals surface area (Å²) in [6, 6.07) is 22.2. The van der Waals surface area contributed by atoms with Crippen LogP contribution in [-0.2, 0) is 6.61 Å². The highest BCUT2D eigenvalue weighted by Crippen LogP contribution is 2.40. The van der Waals surface area contributed by atoms with Gasteiger partial charge in [0.2, 0.25) is 6.54 Å². The Labute approximate surface area is 236 Å². The predicted molar refractivity (Wildman–Crippen MR) is 151 cm³/mol. The van der Waals surface area contributed by atoms with Gasteiger partial charge in [-0.1, -0.05) is 36.0 Å². The molecule has 40 heavy (non-hydrogen) atoms. The van der Waals surface area contributed by atoms with Gasteiger partial charge in [0.05, 0.1) is 24.8 Å². The molecule has 11 heteroatoms. The Hall–Kier alpha value is -4.56. The van der Waals surface area contributed by atoms with Crippen molar-refractivity contribution in [2.45, 2.75) is 37.8 Å². The van der Waals surface area contributed by atoms with Gasteiger partial charge in [-0.3, -0.25) is 14.7 Å². The molecule has 0 spiro atoms. The summed E-state index contributed by atoms with van der Waals surface area (Å²) in [4.78, 5) is 11.3. The van der Waals surface area contributed by atoms with E-state index in [1.54, 1.807) is 30.3 Å². The Bertz CT molecular complexity index is 1500. The van der Waals surface area contributed by atoms with Gasteiger partial charge in [0, 0.05) is 16.2 Å². The maximum atomic E-state index is 11.7. The van der Waals surface area contributed by atoms with Crippen LogP contribution in [0.15, 0.2) is 71.9 Å². The maximum absolute atomic E-state index is 11.7. The van der Waals surface area contributed by atoms with Gasteiger partial charge in [-0.25, -0.2) is 0 Å². The van der Waals surface area contributed by atoms with Crippen LogP contribution in [0.5, 0.6) is 17.2 Å². The lowest BCUT2D eigenvalue weighted by atomic mass is 10.1. The van der Waals surface area contributed by atoms with Gasteiger partial charge in [0.15, 0.2) is 16.7 Å². The van der Waals surface area contributed by atoms with Crippen LogP contribution >= 0.6 is 11.8 Å². The first-order valence-electron chi connectivity index (χ1n) is 12.7. The molecule has 0 aliphatic carbocycles. The lowest BCUT2D eigenvalue weighted by molar-refractivity contribution is -0.479. The summed E-state index contributed by atoms with van der Waals surface area (Å²) in [5, 5.41) is 29.6. The third kappa shape index (κ3) is 6.90. The third-order valence-corrected chi connectivity index (χ3v) is 7.10. The van der Waals surface area contributed by atoms with Gasteiger partial charge in [-0.2, -0.15) is 5.26 Å². The van der Waals surface area contributed by atoms with Crippen LogP contribution in [0, 0.1) is 28.4 Å². The summed E-state index contributed by atoms with van der Waals surface area (Å²) in [6.45, 7) is 6.40. The molecule has 1 atom stereocenters. The predicted octanol–water partition coefficient (Wildman–Crippen LogP) is 5.93. The molecule has 0 saturated carbocycles. The fraction of sp³-hybridized carbons (Fsp3) is 0.276.